The Labute approximate surface area is 170 Å². The molecule has 0 aliphatic rings. The van der Waals surface area contributed by atoms with E-state index in [4.69, 9.17) is 5.73 Å². The summed E-state index contributed by atoms with van der Waals surface area (Å²) in [6, 6.07) is 12.0. The molecule has 0 bridgehead atoms. The van der Waals surface area contributed by atoms with Gasteiger partial charge < -0.3 is 15.6 Å². The summed E-state index contributed by atoms with van der Waals surface area (Å²) in [6.07, 6.45) is 3.40. The zero-order valence-electron chi connectivity index (χ0n) is 15.6. The van der Waals surface area contributed by atoms with Gasteiger partial charge in [-0.3, -0.25) is 9.78 Å². The van der Waals surface area contributed by atoms with Gasteiger partial charge in [-0.2, -0.15) is 0 Å². The maximum atomic E-state index is 14.2. The lowest BCUT2D eigenvalue weighted by Gasteiger charge is -2.11. The van der Waals surface area contributed by atoms with E-state index in [0.29, 0.717) is 33.3 Å². The molecule has 0 fully saturated rings. The van der Waals surface area contributed by atoms with E-state index in [1.54, 1.807) is 43.6 Å². The monoisotopic (exact) mass is 407 g/mol. The molecule has 8 heteroatoms. The lowest BCUT2D eigenvalue weighted by atomic mass is 10.2. The Morgan fingerprint density at radius 3 is 2.83 bits per heavy atom. The van der Waals surface area contributed by atoms with Crippen molar-refractivity contribution in [2.24, 2.45) is 5.73 Å². The molecule has 0 saturated carbocycles. The van der Waals surface area contributed by atoms with Gasteiger partial charge in [0.2, 0.25) is 0 Å². The number of nitrogens with two attached hydrogens (primary N) is 1. The van der Waals surface area contributed by atoms with Gasteiger partial charge in [-0.25, -0.2) is 9.37 Å². The van der Waals surface area contributed by atoms with E-state index >= 15 is 0 Å². The average molecular weight is 407 g/mol. The van der Waals surface area contributed by atoms with E-state index in [-0.39, 0.29) is 12.4 Å². The smallest absolute Gasteiger partial charge is 0.250 e. The van der Waals surface area contributed by atoms with Gasteiger partial charge in [0.05, 0.1) is 35.4 Å². The molecule has 4 aromatic rings. The Bertz CT molecular complexity index is 1170. The number of carbonyl (C=O) groups is 1. The van der Waals surface area contributed by atoms with E-state index in [2.05, 4.69) is 15.3 Å². The Morgan fingerprint density at radius 2 is 2.10 bits per heavy atom. The van der Waals surface area contributed by atoms with Crippen molar-refractivity contribution in [3.8, 4) is 11.4 Å². The molecule has 6 nitrogen and oxygen atoms in total. The van der Waals surface area contributed by atoms with E-state index < -0.39 is 5.91 Å². The van der Waals surface area contributed by atoms with Crippen molar-refractivity contribution >= 4 is 28.1 Å². The van der Waals surface area contributed by atoms with Gasteiger partial charge in [-0.1, -0.05) is 18.2 Å². The Morgan fingerprint density at radius 1 is 1.28 bits per heavy atom. The first-order chi connectivity index (χ1) is 14.0. The van der Waals surface area contributed by atoms with Crippen molar-refractivity contribution in [3.63, 3.8) is 0 Å². The fourth-order valence-electron chi connectivity index (χ4n) is 3.12. The lowest BCUT2D eigenvalue weighted by Crippen LogP contribution is -2.13. The Hall–Kier alpha value is -3.52. The van der Waals surface area contributed by atoms with Crippen LogP contribution in [0.4, 0.5) is 15.2 Å². The van der Waals surface area contributed by atoms with Gasteiger partial charge in [0.15, 0.2) is 5.13 Å². The third-order valence-electron chi connectivity index (χ3n) is 4.60. The van der Waals surface area contributed by atoms with Crippen LogP contribution in [0.1, 0.15) is 21.6 Å². The lowest BCUT2D eigenvalue weighted by molar-refractivity contribution is 0.0999. The average Bonchev–Trinajstić information content (AvgIpc) is 3.29. The first-order valence-corrected chi connectivity index (χ1v) is 9.77. The first-order valence-electron chi connectivity index (χ1n) is 8.89. The summed E-state index contributed by atoms with van der Waals surface area (Å²) < 4.78 is 16.1. The number of primary amides is 1. The molecule has 146 valence electrons. The van der Waals surface area contributed by atoms with Gasteiger partial charge in [-0.15, -0.1) is 11.3 Å². The van der Waals surface area contributed by atoms with Gasteiger partial charge in [0, 0.05) is 22.8 Å². The summed E-state index contributed by atoms with van der Waals surface area (Å²) in [4.78, 5) is 20.6. The summed E-state index contributed by atoms with van der Waals surface area (Å²) in [5, 5.41) is 5.77. The molecule has 3 aromatic heterocycles. The zero-order chi connectivity index (χ0) is 20.4. The zero-order valence-corrected chi connectivity index (χ0v) is 16.4. The molecule has 0 spiro atoms. The minimum atomic E-state index is -0.528. The molecule has 0 unspecified atom stereocenters. The number of carbonyl (C=O) groups excluding carboxylic acids is 1. The van der Waals surface area contributed by atoms with Crippen molar-refractivity contribution in [2.45, 2.75) is 13.5 Å². The fraction of sp³-hybridized carbons (Fsp3) is 0.0952. The van der Waals surface area contributed by atoms with E-state index in [9.17, 15) is 9.18 Å². The summed E-state index contributed by atoms with van der Waals surface area (Å²) >= 11 is 1.43. The number of anilines is 2. The number of hydrogen-bond donors (Lipinski definition) is 2. The van der Waals surface area contributed by atoms with Crippen LogP contribution in [-0.2, 0) is 6.54 Å². The number of nitrogens with one attached hydrogen (secondary N) is 1. The molecular weight excluding hydrogens is 389 g/mol. The van der Waals surface area contributed by atoms with Gasteiger partial charge in [0.25, 0.3) is 5.91 Å². The topological polar surface area (TPSA) is 85.8 Å². The first kappa shape index (κ1) is 18.8. The normalized spacial score (nSPS) is 10.8. The SMILES string of the molecule is Cc1c(C(N)=O)cc(-c2csc(Nc3cccnc3)n2)n1Cc1ccccc1F. The van der Waals surface area contributed by atoms with Crippen LogP contribution in [0, 0.1) is 12.7 Å². The molecule has 3 N–H and O–H groups in total. The predicted molar refractivity (Wildman–Crippen MR) is 112 cm³/mol. The van der Waals surface area contributed by atoms with E-state index in [1.165, 1.54) is 17.4 Å². The number of thiazole rings is 1. The summed E-state index contributed by atoms with van der Waals surface area (Å²) in [6.45, 7) is 2.07. The maximum Gasteiger partial charge on any atom is 0.250 e. The van der Waals surface area contributed by atoms with Crippen molar-refractivity contribution < 1.29 is 9.18 Å². The number of amides is 1. The number of hydrogen-bond acceptors (Lipinski definition) is 5. The summed E-state index contributed by atoms with van der Waals surface area (Å²) in [7, 11) is 0. The van der Waals surface area contributed by atoms with Crippen LogP contribution >= 0.6 is 11.3 Å². The minimum Gasteiger partial charge on any atom is -0.366 e. The molecule has 0 saturated heterocycles. The Balaban J connectivity index is 1.72. The predicted octanol–water partition coefficient (Wildman–Crippen LogP) is 4.34. The molecule has 0 radical (unpaired) electrons. The fourth-order valence-corrected chi connectivity index (χ4v) is 3.84. The molecule has 0 aliphatic heterocycles. The molecule has 0 aliphatic carbocycles. The van der Waals surface area contributed by atoms with Crippen LogP contribution in [0.3, 0.4) is 0 Å². The summed E-state index contributed by atoms with van der Waals surface area (Å²) in [5.74, 6) is -0.829. The number of rotatable bonds is 6. The number of nitrogens with zero attached hydrogens (tertiary/aromatic N) is 3. The second-order valence-electron chi connectivity index (χ2n) is 6.48. The van der Waals surface area contributed by atoms with Crippen LogP contribution in [0.2, 0.25) is 0 Å². The third kappa shape index (κ3) is 3.88. The highest BCUT2D eigenvalue weighted by atomic mass is 32.1. The number of halogens is 1. The second-order valence-corrected chi connectivity index (χ2v) is 7.33. The third-order valence-corrected chi connectivity index (χ3v) is 5.36. The standard InChI is InChI=1S/C21H18FN5OS/c1-13-16(20(23)28)9-19(27(13)11-14-5-2-3-7-17(14)22)18-12-29-21(26-18)25-15-6-4-8-24-10-15/h2-10,12H,11H2,1H3,(H2,23,28)(H,25,26). The number of pyridine rings is 1. The molecule has 4 rings (SSSR count). The highest BCUT2D eigenvalue weighted by molar-refractivity contribution is 7.14. The van der Waals surface area contributed by atoms with Gasteiger partial charge in [0.1, 0.15) is 5.82 Å². The minimum absolute atomic E-state index is 0.268. The highest BCUT2D eigenvalue weighted by Crippen LogP contribution is 2.31. The van der Waals surface area contributed by atoms with E-state index in [0.717, 1.165) is 5.69 Å². The Kier molecular flexibility index (Phi) is 5.09. The number of aromatic nitrogens is 3. The summed E-state index contributed by atoms with van der Waals surface area (Å²) in [5.41, 5.74) is 9.33. The number of benzene rings is 1. The molecule has 3 heterocycles. The quantitative estimate of drug-likeness (QED) is 0.498. The molecule has 0 atom stereocenters. The van der Waals surface area contributed by atoms with Crippen molar-refractivity contribution in [3.05, 3.63) is 82.9 Å². The van der Waals surface area contributed by atoms with Gasteiger partial charge >= 0.3 is 0 Å². The molecule has 1 aromatic carbocycles. The highest BCUT2D eigenvalue weighted by Gasteiger charge is 2.19. The molecule has 29 heavy (non-hydrogen) atoms. The van der Waals surface area contributed by atoms with Crippen LogP contribution in [0.5, 0.6) is 0 Å². The van der Waals surface area contributed by atoms with Crippen molar-refractivity contribution in [1.29, 1.82) is 0 Å². The van der Waals surface area contributed by atoms with Crippen LogP contribution in [0.25, 0.3) is 11.4 Å². The largest absolute Gasteiger partial charge is 0.366 e. The molecular formula is C21H18FN5OS. The van der Waals surface area contributed by atoms with Crippen molar-refractivity contribution in [2.75, 3.05) is 5.32 Å². The van der Waals surface area contributed by atoms with E-state index in [1.807, 2.05) is 22.1 Å². The van der Waals surface area contributed by atoms with Crippen LogP contribution < -0.4 is 11.1 Å². The van der Waals surface area contributed by atoms with Crippen molar-refractivity contribution in [1.82, 2.24) is 14.5 Å². The molecule has 1 amide bonds. The van der Waals surface area contributed by atoms with Gasteiger partial charge in [-0.05, 0) is 31.2 Å². The second kappa shape index (κ2) is 7.84. The van der Waals surface area contributed by atoms with Crippen LogP contribution in [-0.4, -0.2) is 20.4 Å². The van der Waals surface area contributed by atoms with Crippen LogP contribution in [0.15, 0.2) is 60.2 Å². The maximum absolute atomic E-state index is 14.2.